The minimum Gasteiger partial charge on any atom is -0.355 e. The fraction of sp³-hybridized carbons (Fsp3) is 0.938. The highest BCUT2D eigenvalue weighted by Gasteiger charge is 2.35. The van der Waals surface area contributed by atoms with Gasteiger partial charge in [-0.3, -0.25) is 4.79 Å². The van der Waals surface area contributed by atoms with Crippen molar-refractivity contribution in [3.8, 4) is 0 Å². The molecular weight excluding hydrogens is 236 g/mol. The molecule has 0 aromatic rings. The van der Waals surface area contributed by atoms with Gasteiger partial charge in [0.15, 0.2) is 0 Å². The zero-order chi connectivity index (χ0) is 14.1. The van der Waals surface area contributed by atoms with Crippen LogP contribution in [0.25, 0.3) is 0 Å². The first-order chi connectivity index (χ1) is 9.18. The van der Waals surface area contributed by atoms with E-state index in [0.29, 0.717) is 12.5 Å². The third kappa shape index (κ3) is 4.79. The SMILES string of the molecule is CCCC(CN)(CCC)C(=O)NCC1CCCCC1. The summed E-state index contributed by atoms with van der Waals surface area (Å²) in [5.74, 6) is 0.890. The first-order valence-corrected chi connectivity index (χ1v) is 8.17. The van der Waals surface area contributed by atoms with E-state index in [0.717, 1.165) is 32.2 Å². The van der Waals surface area contributed by atoms with E-state index in [1.54, 1.807) is 0 Å². The van der Waals surface area contributed by atoms with E-state index in [-0.39, 0.29) is 11.3 Å². The van der Waals surface area contributed by atoms with Crippen LogP contribution >= 0.6 is 0 Å². The molecular formula is C16H32N2O. The minimum absolute atomic E-state index is 0.198. The van der Waals surface area contributed by atoms with E-state index in [1.165, 1.54) is 32.1 Å². The second-order valence-corrected chi connectivity index (χ2v) is 6.20. The van der Waals surface area contributed by atoms with Crippen molar-refractivity contribution < 1.29 is 4.79 Å². The van der Waals surface area contributed by atoms with E-state index in [4.69, 9.17) is 5.73 Å². The summed E-state index contributed by atoms with van der Waals surface area (Å²) in [7, 11) is 0. The third-order valence-electron chi connectivity index (χ3n) is 4.61. The van der Waals surface area contributed by atoms with Gasteiger partial charge in [0.2, 0.25) is 5.91 Å². The molecule has 3 heteroatoms. The van der Waals surface area contributed by atoms with Gasteiger partial charge in [-0.2, -0.15) is 0 Å². The first kappa shape index (κ1) is 16.5. The van der Waals surface area contributed by atoms with Gasteiger partial charge in [0.05, 0.1) is 5.41 Å². The number of amides is 1. The van der Waals surface area contributed by atoms with Gasteiger partial charge in [0, 0.05) is 13.1 Å². The van der Waals surface area contributed by atoms with Crippen molar-refractivity contribution in [2.24, 2.45) is 17.1 Å². The Kier molecular flexibility index (Phi) is 7.44. The number of carbonyl (C=O) groups excluding carboxylic acids is 1. The molecule has 1 fully saturated rings. The molecule has 0 radical (unpaired) electrons. The van der Waals surface area contributed by atoms with Crippen LogP contribution in [-0.4, -0.2) is 19.0 Å². The Hall–Kier alpha value is -0.570. The van der Waals surface area contributed by atoms with Crippen LogP contribution in [0.15, 0.2) is 0 Å². The van der Waals surface area contributed by atoms with Crippen LogP contribution in [0.5, 0.6) is 0 Å². The summed E-state index contributed by atoms with van der Waals surface area (Å²) in [4.78, 5) is 12.5. The van der Waals surface area contributed by atoms with Gasteiger partial charge < -0.3 is 11.1 Å². The van der Waals surface area contributed by atoms with Gasteiger partial charge in [-0.25, -0.2) is 0 Å². The van der Waals surface area contributed by atoms with Gasteiger partial charge in [0.25, 0.3) is 0 Å². The highest BCUT2D eigenvalue weighted by molar-refractivity contribution is 5.82. The standard InChI is InChI=1S/C16H32N2O/c1-3-10-16(13-17,11-4-2)15(19)18-12-14-8-6-5-7-9-14/h14H,3-13,17H2,1-2H3,(H,18,19). The highest BCUT2D eigenvalue weighted by Crippen LogP contribution is 2.29. The lowest BCUT2D eigenvalue weighted by atomic mass is 9.78. The fourth-order valence-electron chi connectivity index (χ4n) is 3.42. The Morgan fingerprint density at radius 3 is 2.21 bits per heavy atom. The maximum Gasteiger partial charge on any atom is 0.227 e. The van der Waals surface area contributed by atoms with E-state index in [9.17, 15) is 4.79 Å². The third-order valence-corrected chi connectivity index (χ3v) is 4.61. The molecule has 1 aliphatic rings. The topological polar surface area (TPSA) is 55.1 Å². The van der Waals surface area contributed by atoms with Crippen molar-refractivity contribution >= 4 is 5.91 Å². The smallest absolute Gasteiger partial charge is 0.227 e. The predicted octanol–water partition coefficient (Wildman–Crippen LogP) is 3.23. The van der Waals surface area contributed by atoms with Crippen molar-refractivity contribution in [2.75, 3.05) is 13.1 Å². The lowest BCUT2D eigenvalue weighted by Crippen LogP contribution is -2.47. The summed E-state index contributed by atoms with van der Waals surface area (Å²) < 4.78 is 0. The lowest BCUT2D eigenvalue weighted by Gasteiger charge is -2.32. The summed E-state index contributed by atoms with van der Waals surface area (Å²) in [6.07, 6.45) is 10.4. The Balaban J connectivity index is 2.50. The van der Waals surface area contributed by atoms with E-state index in [2.05, 4.69) is 19.2 Å². The molecule has 1 amide bonds. The number of nitrogens with one attached hydrogen (secondary N) is 1. The monoisotopic (exact) mass is 268 g/mol. The summed E-state index contributed by atoms with van der Waals surface area (Å²) in [6, 6.07) is 0. The van der Waals surface area contributed by atoms with Crippen LogP contribution in [0.1, 0.15) is 71.6 Å². The van der Waals surface area contributed by atoms with Gasteiger partial charge >= 0.3 is 0 Å². The van der Waals surface area contributed by atoms with E-state index < -0.39 is 0 Å². The van der Waals surface area contributed by atoms with Crippen molar-refractivity contribution in [1.29, 1.82) is 0 Å². The largest absolute Gasteiger partial charge is 0.355 e. The number of rotatable bonds is 8. The van der Waals surface area contributed by atoms with Crippen LogP contribution in [0, 0.1) is 11.3 Å². The van der Waals surface area contributed by atoms with E-state index in [1.807, 2.05) is 0 Å². The summed E-state index contributed by atoms with van der Waals surface area (Å²) in [5.41, 5.74) is 5.61. The molecule has 3 N–H and O–H groups in total. The lowest BCUT2D eigenvalue weighted by molar-refractivity contribution is -0.131. The molecule has 0 saturated heterocycles. The summed E-state index contributed by atoms with van der Waals surface area (Å²) in [5, 5.41) is 3.19. The molecule has 0 unspecified atom stereocenters. The quantitative estimate of drug-likeness (QED) is 0.710. The molecule has 0 atom stereocenters. The van der Waals surface area contributed by atoms with Crippen LogP contribution in [-0.2, 0) is 4.79 Å². The first-order valence-electron chi connectivity index (χ1n) is 8.17. The van der Waals surface area contributed by atoms with Crippen LogP contribution in [0.4, 0.5) is 0 Å². The molecule has 0 aliphatic heterocycles. The second kappa shape index (κ2) is 8.57. The van der Waals surface area contributed by atoms with Gasteiger partial charge in [-0.15, -0.1) is 0 Å². The Morgan fingerprint density at radius 2 is 1.74 bits per heavy atom. The molecule has 1 saturated carbocycles. The van der Waals surface area contributed by atoms with Crippen molar-refractivity contribution in [1.82, 2.24) is 5.32 Å². The van der Waals surface area contributed by atoms with Gasteiger partial charge in [0.1, 0.15) is 0 Å². The molecule has 19 heavy (non-hydrogen) atoms. The minimum atomic E-state index is -0.321. The average Bonchev–Trinajstić information content (AvgIpc) is 2.45. The molecule has 1 rings (SSSR count). The summed E-state index contributed by atoms with van der Waals surface area (Å²) in [6.45, 7) is 5.60. The number of hydrogen-bond acceptors (Lipinski definition) is 2. The van der Waals surface area contributed by atoms with Crippen molar-refractivity contribution in [3.05, 3.63) is 0 Å². The highest BCUT2D eigenvalue weighted by atomic mass is 16.2. The second-order valence-electron chi connectivity index (χ2n) is 6.20. The molecule has 0 heterocycles. The Labute approximate surface area is 118 Å². The normalized spacial score (nSPS) is 17.4. The molecule has 0 spiro atoms. The van der Waals surface area contributed by atoms with Crippen LogP contribution in [0.3, 0.4) is 0 Å². The van der Waals surface area contributed by atoms with E-state index >= 15 is 0 Å². The zero-order valence-electron chi connectivity index (χ0n) is 12.8. The Morgan fingerprint density at radius 1 is 1.16 bits per heavy atom. The molecule has 3 nitrogen and oxygen atoms in total. The maximum absolute atomic E-state index is 12.5. The van der Waals surface area contributed by atoms with Crippen LogP contribution in [0.2, 0.25) is 0 Å². The van der Waals surface area contributed by atoms with Gasteiger partial charge in [-0.1, -0.05) is 46.0 Å². The number of carbonyl (C=O) groups is 1. The average molecular weight is 268 g/mol. The molecule has 0 bridgehead atoms. The molecule has 112 valence electrons. The number of hydrogen-bond donors (Lipinski definition) is 2. The maximum atomic E-state index is 12.5. The van der Waals surface area contributed by atoms with Gasteiger partial charge in [-0.05, 0) is 31.6 Å². The predicted molar refractivity (Wildman–Crippen MR) is 80.9 cm³/mol. The summed E-state index contributed by atoms with van der Waals surface area (Å²) >= 11 is 0. The molecule has 0 aromatic heterocycles. The fourth-order valence-corrected chi connectivity index (χ4v) is 3.42. The molecule has 1 aliphatic carbocycles. The molecule has 0 aromatic carbocycles. The Bertz CT molecular complexity index is 253. The number of nitrogens with two attached hydrogens (primary N) is 1. The van der Waals surface area contributed by atoms with Crippen molar-refractivity contribution in [3.63, 3.8) is 0 Å². The van der Waals surface area contributed by atoms with Crippen LogP contribution < -0.4 is 11.1 Å². The van der Waals surface area contributed by atoms with Crippen molar-refractivity contribution in [2.45, 2.75) is 71.6 Å². The zero-order valence-corrected chi connectivity index (χ0v) is 12.8.